The molecule has 6 nitrogen and oxygen atoms in total. The van der Waals surface area contributed by atoms with Gasteiger partial charge in [-0.2, -0.15) is 0 Å². The Morgan fingerprint density at radius 2 is 2.05 bits per heavy atom. The first-order valence-corrected chi connectivity index (χ1v) is 7.09. The molecule has 0 bridgehead atoms. The third-order valence-corrected chi connectivity index (χ3v) is 3.62. The third-order valence-electron chi connectivity index (χ3n) is 3.62. The van der Waals surface area contributed by atoms with E-state index in [2.05, 4.69) is 10.5 Å². The highest BCUT2D eigenvalue weighted by atomic mass is 16.5. The largest absolute Gasteiger partial charge is 0.497 e. The van der Waals surface area contributed by atoms with Crippen LogP contribution in [0.3, 0.4) is 0 Å². The number of aromatic nitrogens is 1. The monoisotopic (exact) mass is 306 g/mol. The second kappa shape index (κ2) is 7.29. The zero-order chi connectivity index (χ0) is 16.1. The number of hydrogen-bond donors (Lipinski definition) is 2. The SMILES string of the molecule is COc1ccc(OC)c(C(O)CNCc2c(C)noc2C)c1. The van der Waals surface area contributed by atoms with Crippen molar-refractivity contribution in [2.45, 2.75) is 26.5 Å². The minimum Gasteiger partial charge on any atom is -0.497 e. The Labute approximate surface area is 130 Å². The predicted octanol–water partition coefficient (Wildman–Crippen LogP) is 2.13. The minimum atomic E-state index is -0.703. The molecule has 22 heavy (non-hydrogen) atoms. The van der Waals surface area contributed by atoms with Gasteiger partial charge >= 0.3 is 0 Å². The molecule has 0 aliphatic carbocycles. The molecule has 2 aromatic rings. The highest BCUT2D eigenvalue weighted by Crippen LogP contribution is 2.29. The van der Waals surface area contributed by atoms with Gasteiger partial charge in [-0.1, -0.05) is 5.16 Å². The summed E-state index contributed by atoms with van der Waals surface area (Å²) in [6.45, 7) is 4.74. The van der Waals surface area contributed by atoms with E-state index in [0.717, 1.165) is 17.0 Å². The molecule has 120 valence electrons. The Balaban J connectivity index is 2.01. The van der Waals surface area contributed by atoms with Gasteiger partial charge in [0.05, 0.1) is 26.0 Å². The number of aliphatic hydroxyl groups excluding tert-OH is 1. The topological polar surface area (TPSA) is 76.8 Å². The van der Waals surface area contributed by atoms with Gasteiger partial charge in [0.2, 0.25) is 0 Å². The Hall–Kier alpha value is -2.05. The van der Waals surface area contributed by atoms with Crippen LogP contribution in [0, 0.1) is 13.8 Å². The van der Waals surface area contributed by atoms with Crippen molar-refractivity contribution in [2.75, 3.05) is 20.8 Å². The summed E-state index contributed by atoms with van der Waals surface area (Å²) in [4.78, 5) is 0. The quantitative estimate of drug-likeness (QED) is 0.816. The van der Waals surface area contributed by atoms with E-state index in [1.54, 1.807) is 32.4 Å². The summed E-state index contributed by atoms with van der Waals surface area (Å²) in [5.74, 6) is 2.10. The lowest BCUT2D eigenvalue weighted by atomic mass is 10.1. The molecule has 0 spiro atoms. The summed E-state index contributed by atoms with van der Waals surface area (Å²) in [6.07, 6.45) is -0.703. The molecular formula is C16H22N2O4. The van der Waals surface area contributed by atoms with E-state index in [-0.39, 0.29) is 0 Å². The number of nitrogens with zero attached hydrogens (tertiary/aromatic N) is 1. The molecule has 1 heterocycles. The van der Waals surface area contributed by atoms with Crippen LogP contribution in [0.15, 0.2) is 22.7 Å². The van der Waals surface area contributed by atoms with Crippen molar-refractivity contribution in [3.05, 3.63) is 40.8 Å². The van der Waals surface area contributed by atoms with Gasteiger partial charge in [-0.25, -0.2) is 0 Å². The second-order valence-electron chi connectivity index (χ2n) is 5.06. The maximum atomic E-state index is 10.4. The summed E-state index contributed by atoms with van der Waals surface area (Å²) in [5.41, 5.74) is 2.57. The summed E-state index contributed by atoms with van der Waals surface area (Å²) in [5, 5.41) is 17.5. The van der Waals surface area contributed by atoms with Gasteiger partial charge in [-0.05, 0) is 32.0 Å². The van der Waals surface area contributed by atoms with Crippen molar-refractivity contribution in [3.8, 4) is 11.5 Å². The molecule has 0 amide bonds. The van der Waals surface area contributed by atoms with E-state index < -0.39 is 6.10 Å². The fourth-order valence-electron chi connectivity index (χ4n) is 2.30. The first-order valence-electron chi connectivity index (χ1n) is 7.09. The van der Waals surface area contributed by atoms with E-state index in [9.17, 15) is 5.11 Å². The number of hydrogen-bond acceptors (Lipinski definition) is 6. The molecule has 1 aromatic heterocycles. The smallest absolute Gasteiger partial charge is 0.138 e. The fourth-order valence-corrected chi connectivity index (χ4v) is 2.30. The average Bonchev–Trinajstić information content (AvgIpc) is 2.85. The van der Waals surface area contributed by atoms with Gasteiger partial charge < -0.3 is 24.4 Å². The van der Waals surface area contributed by atoms with Gasteiger partial charge in [-0.15, -0.1) is 0 Å². The Bertz CT molecular complexity index is 605. The molecule has 1 atom stereocenters. The lowest BCUT2D eigenvalue weighted by Crippen LogP contribution is -2.22. The molecule has 2 N–H and O–H groups in total. The molecule has 6 heteroatoms. The maximum absolute atomic E-state index is 10.4. The van der Waals surface area contributed by atoms with E-state index in [1.807, 2.05) is 13.8 Å². The molecule has 1 aromatic carbocycles. The first-order chi connectivity index (χ1) is 10.6. The van der Waals surface area contributed by atoms with Crippen molar-refractivity contribution < 1.29 is 19.1 Å². The lowest BCUT2D eigenvalue weighted by molar-refractivity contribution is 0.169. The van der Waals surface area contributed by atoms with Crippen LogP contribution in [0.4, 0.5) is 0 Å². The zero-order valence-electron chi connectivity index (χ0n) is 13.3. The van der Waals surface area contributed by atoms with Crippen LogP contribution < -0.4 is 14.8 Å². The van der Waals surface area contributed by atoms with Crippen molar-refractivity contribution in [2.24, 2.45) is 0 Å². The van der Waals surface area contributed by atoms with Gasteiger partial charge in [0.25, 0.3) is 0 Å². The van der Waals surface area contributed by atoms with Gasteiger partial charge in [0.1, 0.15) is 17.3 Å². The molecule has 2 rings (SSSR count). The van der Waals surface area contributed by atoms with E-state index >= 15 is 0 Å². The van der Waals surface area contributed by atoms with Crippen molar-refractivity contribution in [1.29, 1.82) is 0 Å². The molecule has 0 fully saturated rings. The molecule has 0 radical (unpaired) electrons. The van der Waals surface area contributed by atoms with Crippen LogP contribution in [0.1, 0.15) is 28.7 Å². The van der Waals surface area contributed by atoms with Crippen molar-refractivity contribution in [1.82, 2.24) is 10.5 Å². The van der Waals surface area contributed by atoms with Gasteiger partial charge in [0.15, 0.2) is 0 Å². The van der Waals surface area contributed by atoms with Crippen LogP contribution in [-0.2, 0) is 6.54 Å². The summed E-state index contributed by atoms with van der Waals surface area (Å²) >= 11 is 0. The number of aryl methyl sites for hydroxylation is 2. The zero-order valence-corrected chi connectivity index (χ0v) is 13.3. The number of benzene rings is 1. The van der Waals surface area contributed by atoms with Crippen LogP contribution in [0.2, 0.25) is 0 Å². The Morgan fingerprint density at radius 3 is 2.64 bits per heavy atom. The molecule has 1 unspecified atom stereocenters. The van der Waals surface area contributed by atoms with E-state index in [0.29, 0.717) is 30.2 Å². The number of rotatable bonds is 7. The lowest BCUT2D eigenvalue weighted by Gasteiger charge is -2.16. The molecule has 0 aliphatic rings. The maximum Gasteiger partial charge on any atom is 0.138 e. The number of methoxy groups -OCH3 is 2. The number of aliphatic hydroxyl groups is 1. The Kier molecular flexibility index (Phi) is 5.41. The highest BCUT2D eigenvalue weighted by molar-refractivity contribution is 5.41. The normalized spacial score (nSPS) is 12.2. The van der Waals surface area contributed by atoms with Crippen molar-refractivity contribution >= 4 is 0 Å². The number of nitrogens with one attached hydrogen (secondary N) is 1. The third kappa shape index (κ3) is 3.58. The standard InChI is InChI=1S/C16H22N2O4/c1-10-14(11(2)22-18-10)8-17-9-15(19)13-7-12(20-3)5-6-16(13)21-4/h5-7,15,17,19H,8-9H2,1-4H3. The molecule has 0 saturated carbocycles. The number of ether oxygens (including phenoxy) is 2. The van der Waals surface area contributed by atoms with Gasteiger partial charge in [0, 0.05) is 24.2 Å². The average molecular weight is 306 g/mol. The van der Waals surface area contributed by atoms with E-state index in [1.165, 1.54) is 0 Å². The Morgan fingerprint density at radius 1 is 1.27 bits per heavy atom. The van der Waals surface area contributed by atoms with Crippen LogP contribution in [0.5, 0.6) is 11.5 Å². The fraction of sp³-hybridized carbons (Fsp3) is 0.438. The summed E-state index contributed by atoms with van der Waals surface area (Å²) in [7, 11) is 3.17. The van der Waals surface area contributed by atoms with Crippen LogP contribution in [-0.4, -0.2) is 31.0 Å². The second-order valence-corrected chi connectivity index (χ2v) is 5.06. The molecule has 0 aliphatic heterocycles. The van der Waals surface area contributed by atoms with Crippen LogP contribution in [0.25, 0.3) is 0 Å². The summed E-state index contributed by atoms with van der Waals surface area (Å²) in [6, 6.07) is 5.36. The molecular weight excluding hydrogens is 284 g/mol. The highest BCUT2D eigenvalue weighted by Gasteiger charge is 2.15. The summed E-state index contributed by atoms with van der Waals surface area (Å²) < 4.78 is 15.6. The van der Waals surface area contributed by atoms with Gasteiger partial charge in [-0.3, -0.25) is 0 Å². The molecule has 0 saturated heterocycles. The minimum absolute atomic E-state index is 0.383. The van der Waals surface area contributed by atoms with Crippen molar-refractivity contribution in [3.63, 3.8) is 0 Å². The predicted molar refractivity (Wildman–Crippen MR) is 82.2 cm³/mol. The first kappa shape index (κ1) is 16.3. The van der Waals surface area contributed by atoms with Crippen LogP contribution >= 0.6 is 0 Å². The van der Waals surface area contributed by atoms with E-state index in [4.69, 9.17) is 14.0 Å².